The van der Waals surface area contributed by atoms with Gasteiger partial charge in [0.25, 0.3) is 10.0 Å². The Balaban J connectivity index is 0. The summed E-state index contributed by atoms with van der Waals surface area (Å²) < 4.78 is 10.5. The fourth-order valence-electron chi connectivity index (χ4n) is 0.431. The van der Waals surface area contributed by atoms with Gasteiger partial charge >= 0.3 is 5.97 Å². The monoisotopic (exact) mass is 272 g/mol. The number of carbonyl (C=O) groups is 1. The first-order valence-corrected chi connectivity index (χ1v) is 12.6. The lowest BCUT2D eigenvalue weighted by Gasteiger charge is -2.14. The van der Waals surface area contributed by atoms with E-state index in [-0.39, 0.29) is 9.28 Å². The van der Waals surface area contributed by atoms with E-state index in [0.717, 1.165) is 10.5 Å². The molecule has 0 atom stereocenters. The number of aliphatic carboxylic acids is 1. The molecule has 0 bridgehead atoms. The zero-order chi connectivity index (χ0) is 11.6. The van der Waals surface area contributed by atoms with E-state index >= 15 is 0 Å². The van der Waals surface area contributed by atoms with Crippen LogP contribution in [-0.2, 0) is 13.0 Å². The van der Waals surface area contributed by atoms with Crippen LogP contribution >= 0.6 is 0 Å². The van der Waals surface area contributed by atoms with Gasteiger partial charge < -0.3 is 18.4 Å². The van der Waals surface area contributed by atoms with Crippen molar-refractivity contribution in [3.63, 3.8) is 0 Å². The number of aliphatic hydroxyl groups excluding tert-OH is 1. The number of carboxylic acids is 1. The quantitative estimate of drug-likeness (QED) is 0.420. The fraction of sp³-hybridized carbons (Fsp3) is 0.800. The van der Waals surface area contributed by atoms with E-state index in [1.165, 1.54) is 0 Å². The van der Waals surface area contributed by atoms with Crippen LogP contribution in [0.2, 0.25) is 19.6 Å². The lowest BCUT2D eigenvalue weighted by molar-refractivity contribution is -0.140. The first-order chi connectivity index (χ1) is 6.33. The van der Waals surface area contributed by atoms with E-state index in [1.807, 2.05) is 0 Å². The summed E-state index contributed by atoms with van der Waals surface area (Å²) in [6.45, 7) is 6.31. The molecule has 0 aromatic heterocycles. The molecule has 0 radical (unpaired) electrons. The maximum absolute atomic E-state index is 9.12. The van der Waals surface area contributed by atoms with Gasteiger partial charge in [-0.3, -0.25) is 0 Å². The van der Waals surface area contributed by atoms with Crippen molar-refractivity contribution < 1.29 is 23.2 Å². The highest BCUT2D eigenvalue weighted by Crippen LogP contribution is 1.96. The van der Waals surface area contributed by atoms with Crippen molar-refractivity contribution in [2.45, 2.75) is 19.6 Å². The Morgan fingerprint density at radius 3 is 2.14 bits per heavy atom. The molecule has 0 fully saturated rings. The highest BCUT2D eigenvalue weighted by molar-refractivity contribution is 7.21. The molecule has 0 heterocycles. The minimum Gasteiger partial charge on any atom is -0.480 e. The summed E-state index contributed by atoms with van der Waals surface area (Å²) in [4.78, 5) is 9.12. The third kappa shape index (κ3) is 22.8. The van der Waals surface area contributed by atoms with Crippen LogP contribution in [0.4, 0.5) is 0 Å². The van der Waals surface area contributed by atoms with E-state index in [0.29, 0.717) is 0 Å². The summed E-state index contributed by atoms with van der Waals surface area (Å²) in [5, 5.41) is 15.0. The average Bonchev–Trinajstić information content (AvgIpc) is 2.04. The van der Waals surface area contributed by atoms with Gasteiger partial charge in [-0.2, -0.15) is 0 Å². The van der Waals surface area contributed by atoms with Crippen LogP contribution in [0.15, 0.2) is 0 Å². The van der Waals surface area contributed by atoms with E-state index in [9.17, 15) is 0 Å². The third-order valence-electron chi connectivity index (χ3n) is 0.872. The van der Waals surface area contributed by atoms with Crippen LogP contribution in [0, 0.1) is 0 Å². The molecule has 0 saturated heterocycles. The number of aliphatic hydroxyl groups is 1. The SMILES string of the molecule is C[Si](C)(C)[SiH2]O[SiH2]O[SiH3].O=C(O)CO. The van der Waals surface area contributed by atoms with Crippen LogP contribution in [0.3, 0.4) is 0 Å². The van der Waals surface area contributed by atoms with Crippen molar-refractivity contribution in [1.29, 1.82) is 0 Å². The minimum atomic E-state index is -1.19. The van der Waals surface area contributed by atoms with Crippen molar-refractivity contribution in [3.05, 3.63) is 0 Å². The number of carboxylic acid groups (broad SMARTS) is 1. The van der Waals surface area contributed by atoms with Crippen LogP contribution in [-0.4, -0.2) is 60.2 Å². The minimum absolute atomic E-state index is 0.164. The first-order valence-electron chi connectivity index (χ1n) is 4.23. The van der Waals surface area contributed by atoms with Crippen LogP contribution in [0.25, 0.3) is 0 Å². The molecule has 0 aromatic rings. The van der Waals surface area contributed by atoms with Gasteiger partial charge in [-0.05, 0) is 0 Å². The predicted octanol–water partition coefficient (Wildman–Crippen LogP) is -2.72. The molecular formula is C5H20O5Si4. The van der Waals surface area contributed by atoms with Crippen LogP contribution in [0.5, 0.6) is 0 Å². The molecule has 0 aliphatic heterocycles. The molecule has 0 aliphatic carbocycles. The van der Waals surface area contributed by atoms with Crippen LogP contribution in [0.1, 0.15) is 0 Å². The number of hydrogen-bond donors (Lipinski definition) is 2. The summed E-state index contributed by atoms with van der Waals surface area (Å²) in [7, 11) is -0.607. The first kappa shape index (κ1) is 16.6. The zero-order valence-electron chi connectivity index (χ0n) is 9.24. The second-order valence-electron chi connectivity index (χ2n) is 3.87. The summed E-state index contributed by atoms with van der Waals surface area (Å²) in [5.74, 6) is -1.19. The van der Waals surface area contributed by atoms with Gasteiger partial charge in [0.15, 0.2) is 0 Å². The molecule has 0 unspecified atom stereocenters. The standard InChI is InChI=1S/C3H16O2Si4.C2H4O3/c1-9(2,3)8-5-7-4-6;3-1-2(4)5/h7-8H2,1-3,6H3;3H,1H2,(H,4,5). The largest absolute Gasteiger partial charge is 0.480 e. The van der Waals surface area contributed by atoms with Crippen molar-refractivity contribution in [3.8, 4) is 0 Å². The molecule has 9 heteroatoms. The molecule has 0 saturated carbocycles. The van der Waals surface area contributed by atoms with Gasteiger partial charge in [0, 0.05) is 0 Å². The second-order valence-corrected chi connectivity index (χ2v) is 20.7. The Kier molecular flexibility index (Phi) is 11.6. The molecule has 0 rings (SSSR count). The lowest BCUT2D eigenvalue weighted by Crippen LogP contribution is -2.33. The molecule has 0 aliphatic rings. The molecule has 0 amide bonds. The van der Waals surface area contributed by atoms with E-state index in [4.69, 9.17) is 23.2 Å². The van der Waals surface area contributed by atoms with E-state index < -0.39 is 30.2 Å². The Labute approximate surface area is 93.2 Å². The van der Waals surface area contributed by atoms with Crippen molar-refractivity contribution in [2.75, 3.05) is 6.61 Å². The summed E-state index contributed by atoms with van der Waals surface area (Å²) in [5.41, 5.74) is 0. The maximum atomic E-state index is 9.12. The predicted molar refractivity (Wildman–Crippen MR) is 67.3 cm³/mol. The van der Waals surface area contributed by atoms with Crippen molar-refractivity contribution in [1.82, 2.24) is 0 Å². The lowest BCUT2D eigenvalue weighted by atomic mass is 10.8. The van der Waals surface area contributed by atoms with Gasteiger partial charge in [0.1, 0.15) is 26.4 Å². The topological polar surface area (TPSA) is 76.0 Å². The fourth-order valence-corrected chi connectivity index (χ4v) is 11.6. The number of hydrogen-bond acceptors (Lipinski definition) is 4. The van der Waals surface area contributed by atoms with E-state index in [1.54, 1.807) is 0 Å². The molecule has 14 heavy (non-hydrogen) atoms. The molecule has 5 nitrogen and oxygen atoms in total. The number of rotatable bonds is 5. The van der Waals surface area contributed by atoms with Crippen molar-refractivity contribution >= 4 is 43.3 Å². The molecule has 0 aromatic carbocycles. The second kappa shape index (κ2) is 9.76. The van der Waals surface area contributed by atoms with E-state index in [2.05, 4.69) is 19.6 Å². The summed E-state index contributed by atoms with van der Waals surface area (Å²) >= 11 is 0. The average molecular weight is 273 g/mol. The van der Waals surface area contributed by atoms with Crippen LogP contribution < -0.4 is 0 Å². The summed E-state index contributed by atoms with van der Waals surface area (Å²) in [6.07, 6.45) is 0. The van der Waals surface area contributed by atoms with Gasteiger partial charge in [-0.25, -0.2) is 4.79 Å². The molecule has 86 valence electrons. The normalized spacial score (nSPS) is 12.3. The van der Waals surface area contributed by atoms with Gasteiger partial charge in [0.05, 0.1) is 7.59 Å². The van der Waals surface area contributed by atoms with Gasteiger partial charge in [-0.15, -0.1) is 0 Å². The Bertz CT molecular complexity index is 148. The smallest absolute Gasteiger partial charge is 0.329 e. The Hall–Kier alpha value is 0.218. The molecular weight excluding hydrogens is 252 g/mol. The maximum Gasteiger partial charge on any atom is 0.329 e. The highest BCUT2D eigenvalue weighted by Gasteiger charge is 2.13. The third-order valence-corrected chi connectivity index (χ3v) is 8.60. The molecule has 0 spiro atoms. The van der Waals surface area contributed by atoms with Gasteiger partial charge in [-0.1, -0.05) is 19.6 Å². The molecule has 2 N–H and O–H groups in total. The van der Waals surface area contributed by atoms with Gasteiger partial charge in [0.2, 0.25) is 0 Å². The summed E-state index contributed by atoms with van der Waals surface area (Å²) in [6, 6.07) is 0. The Morgan fingerprint density at radius 2 is 1.93 bits per heavy atom. The highest BCUT2D eigenvalue weighted by atomic mass is 29.2. The Morgan fingerprint density at radius 1 is 1.50 bits per heavy atom. The zero-order valence-corrected chi connectivity index (χ0v) is 15.1. The van der Waals surface area contributed by atoms with Crippen molar-refractivity contribution in [2.24, 2.45) is 0 Å².